The first-order valence-electron chi connectivity index (χ1n) is 32.6. The summed E-state index contributed by atoms with van der Waals surface area (Å²) in [6, 6.07) is 6.05. The van der Waals surface area contributed by atoms with E-state index in [0.717, 1.165) is 9.80 Å². The van der Waals surface area contributed by atoms with Crippen molar-refractivity contribution in [3.8, 4) is 0 Å². The largest absolute Gasteiger partial charge is 0.394 e. The van der Waals surface area contributed by atoms with Crippen LogP contribution < -0.4 is 21.7 Å². The third kappa shape index (κ3) is 17.2. The summed E-state index contributed by atoms with van der Waals surface area (Å²) in [5.74, 6) is -5.36. The van der Waals surface area contributed by atoms with Crippen molar-refractivity contribution in [1.29, 1.82) is 0 Å². The van der Waals surface area contributed by atoms with E-state index in [-0.39, 0.29) is 34.2 Å². The van der Waals surface area contributed by atoms with Crippen LogP contribution in [0.25, 0.3) is 0 Å². The van der Waals surface area contributed by atoms with Gasteiger partial charge in [0.2, 0.25) is 17.7 Å². The van der Waals surface area contributed by atoms with Crippen LogP contribution in [0.4, 0.5) is 0 Å². The molecule has 0 aliphatic carbocycles. The molecule has 101 heavy (non-hydrogen) atoms. The lowest BCUT2D eigenvalue weighted by Crippen LogP contribution is -2.68. The smallest absolute Gasteiger partial charge is 0.262 e. The molecule has 2 aromatic rings. The Morgan fingerprint density at radius 2 is 0.693 bits per heavy atom. The fraction of sp³-hybridized carbons (Fsp3) is 0.703. The Morgan fingerprint density at radius 1 is 0.426 bits per heavy atom. The normalized spacial score (nSPS) is 40.0. The maximum atomic E-state index is 13.3. The van der Waals surface area contributed by atoms with Gasteiger partial charge in [-0.05, 0) is 24.3 Å². The van der Waals surface area contributed by atoms with Crippen LogP contribution in [0.3, 0.4) is 0 Å². The molecule has 2 aromatic carbocycles. The van der Waals surface area contributed by atoms with Crippen LogP contribution in [0.15, 0.2) is 48.5 Å². The number of methoxy groups -OCH3 is 3. The lowest BCUT2D eigenvalue weighted by molar-refractivity contribution is -0.329. The molecule has 6 saturated heterocycles. The number of carbonyl (C=O) groups is 7. The monoisotopic (exact) mass is 1570 g/mol. The Balaban J connectivity index is 0.000000195. The fourth-order valence-electron chi connectivity index (χ4n) is 13.6. The first kappa shape index (κ1) is 81.8. The topological polar surface area (TPSA) is 501 Å². The summed E-state index contributed by atoms with van der Waals surface area (Å²) in [4.78, 5) is 90.0. The van der Waals surface area contributed by atoms with Crippen LogP contribution in [-0.2, 0) is 71.2 Å². The number of amides is 7. The number of nitrogens with two attached hydrogens (primary N) is 1. The van der Waals surface area contributed by atoms with Crippen molar-refractivity contribution >= 4 is 73.2 Å². The van der Waals surface area contributed by atoms with E-state index in [9.17, 15) is 84.6 Å². The van der Waals surface area contributed by atoms with Gasteiger partial charge in [0.25, 0.3) is 23.6 Å². The number of rotatable bonds is 20. The molecule has 8 aliphatic rings. The molecule has 30 atom stereocenters. The number of benzene rings is 2. The Morgan fingerprint density at radius 3 is 1.00 bits per heavy atom. The van der Waals surface area contributed by atoms with Crippen molar-refractivity contribution in [2.75, 3.05) is 58.4 Å². The Bertz CT molecular complexity index is 2940. The van der Waals surface area contributed by atoms with E-state index in [1.165, 1.54) is 54.2 Å². The van der Waals surface area contributed by atoms with Gasteiger partial charge in [-0.2, -0.15) is 0 Å². The minimum absolute atomic E-state index is 0.151. The first-order chi connectivity index (χ1) is 48.0. The zero-order valence-corrected chi connectivity index (χ0v) is 59.8. The third-order valence-corrected chi connectivity index (χ3v) is 20.5. The van der Waals surface area contributed by atoms with Gasteiger partial charge >= 0.3 is 0 Å². The van der Waals surface area contributed by atoms with E-state index in [1.54, 1.807) is 57.2 Å². The van der Waals surface area contributed by atoms with Crippen LogP contribution in [0.2, 0.25) is 0 Å². The molecule has 10 rings (SSSR count). The predicted molar refractivity (Wildman–Crippen MR) is 349 cm³/mol. The highest BCUT2D eigenvalue weighted by molar-refractivity contribution is 9.09. The van der Waals surface area contributed by atoms with Crippen LogP contribution in [0.5, 0.6) is 0 Å². The summed E-state index contributed by atoms with van der Waals surface area (Å²) < 4.78 is 68.6. The Labute approximate surface area is 597 Å². The minimum atomic E-state index is -1.53. The molecule has 15 N–H and O–H groups in total. The third-order valence-electron chi connectivity index (χ3n) is 19.2. The number of nitrogens with one attached hydrogen (secondary N) is 3. The van der Waals surface area contributed by atoms with E-state index < -0.39 is 244 Å². The van der Waals surface area contributed by atoms with Gasteiger partial charge in [-0.3, -0.25) is 43.4 Å². The minimum Gasteiger partial charge on any atom is -0.394 e. The molecule has 8 aliphatic heterocycles. The predicted octanol–water partition coefficient (Wildman–Crippen LogP) is -4.59. The summed E-state index contributed by atoms with van der Waals surface area (Å²) in [5, 5.41) is 113. The second-order valence-corrected chi connectivity index (χ2v) is 26.9. The van der Waals surface area contributed by atoms with Gasteiger partial charge in [0.15, 0.2) is 37.7 Å². The number of carbonyl (C=O) groups excluding carboxylic acids is 7. The highest BCUT2D eigenvalue weighted by atomic mass is 79.9. The van der Waals surface area contributed by atoms with Crippen molar-refractivity contribution < 1.29 is 141 Å². The van der Waals surface area contributed by atoms with Crippen molar-refractivity contribution in [2.24, 2.45) is 23.5 Å². The molecule has 35 nitrogen and oxygen atoms in total. The van der Waals surface area contributed by atoms with E-state index in [0.29, 0.717) is 5.33 Å². The van der Waals surface area contributed by atoms with E-state index in [1.807, 2.05) is 0 Å². The molecular formula is C64H92Br2N6O29. The van der Waals surface area contributed by atoms with E-state index >= 15 is 0 Å². The van der Waals surface area contributed by atoms with Gasteiger partial charge in [-0.25, -0.2) is 0 Å². The summed E-state index contributed by atoms with van der Waals surface area (Å²) in [5.41, 5.74) is 6.74. The van der Waals surface area contributed by atoms with Crippen LogP contribution in [-0.4, -0.2) is 326 Å². The van der Waals surface area contributed by atoms with Crippen molar-refractivity contribution in [1.82, 2.24) is 25.8 Å². The number of imide groups is 2. The molecule has 7 amide bonds. The molecule has 0 saturated carbocycles. The summed E-state index contributed by atoms with van der Waals surface area (Å²) in [6.45, 7) is 6.88. The number of halogens is 2. The number of aliphatic hydroxyl groups excluding tert-OH is 10. The van der Waals surface area contributed by atoms with Gasteiger partial charge in [-0.1, -0.05) is 76.9 Å². The molecular weight excluding hydrogens is 1480 g/mol. The molecule has 8 heterocycles. The average Bonchev–Trinajstić information content (AvgIpc) is 1.66. The summed E-state index contributed by atoms with van der Waals surface area (Å²) in [6.07, 6.45) is -23.4. The van der Waals surface area contributed by atoms with Crippen molar-refractivity contribution in [3.05, 3.63) is 70.8 Å². The van der Waals surface area contributed by atoms with Gasteiger partial charge in [0.05, 0.1) is 97.5 Å². The number of fused-ring (bicyclic) bond motifs is 2. The number of alkyl halides is 2. The number of nitrogens with zero attached hydrogens (tertiary/aromatic N) is 2. The van der Waals surface area contributed by atoms with Crippen molar-refractivity contribution in [2.45, 2.75) is 207 Å². The second-order valence-electron chi connectivity index (χ2n) is 25.6. The van der Waals surface area contributed by atoms with Gasteiger partial charge < -0.3 is 130 Å². The van der Waals surface area contributed by atoms with Crippen molar-refractivity contribution in [3.63, 3.8) is 0 Å². The first-order valence-corrected chi connectivity index (χ1v) is 34.9. The standard InChI is InChI=1S/C24H30Br2N2O9.C24H32N2O11.C16H30N2O9/c1-10-14(8-25)35-24(17(18(10)30)28-21(32)12-6-4-5-7-13(12)22(28)33)37-20-15(9-26)36-23(34-3)16(19(20)31)27-11(2)29;1-10-14(8-27)35-24(17(18(10)30)26-21(32)12-6-4-5-7-13(12)22(26)33)37-20-15(9-28)36-23(34-3)16(19(20)31)25-11(2)29;1-6-8(4-19)25-15(10(17)12(6)22)27-14-9(5-20)26-16(24-3)11(13(14)23)18-7(2)21/h4-7,10,14-20,23-24,30-31H,8-9H2,1-3H3,(H,27,29);4-7,10,14-20,23-24,27-28,30-31H,8-9H2,1-3H3,(H,25,29);6,8-16,19-20,22-23H,4-5,17H2,1-3H3,(H,18,21). The molecule has 0 spiro atoms. The number of hydrogen-bond donors (Lipinski definition) is 14. The van der Waals surface area contributed by atoms with Crippen LogP contribution in [0, 0.1) is 17.8 Å². The van der Waals surface area contributed by atoms with E-state index in [2.05, 4.69) is 47.8 Å². The zero-order valence-electron chi connectivity index (χ0n) is 56.6. The lowest BCUT2D eigenvalue weighted by Gasteiger charge is -2.49. The SMILES string of the molecule is COC1OC(CBr)C(OC2OC(CBr)C(C)C(O)C2N2C(=O)c3ccccc3C2=O)C(O)C1NC(C)=O.COC1OC(CO)C(OC2OC(CO)C(C)C(O)C2N)C(O)C1NC(C)=O.COC1OC(CO)C(OC2OC(CO)C(C)C(O)C2N2C(=O)c3ccccc3C2=O)C(O)C1NC(C)=O. The van der Waals surface area contributed by atoms with Gasteiger partial charge in [0, 0.05) is 70.5 Å². The number of hydrogen-bond acceptors (Lipinski definition) is 30. The molecule has 0 bridgehead atoms. The van der Waals surface area contributed by atoms with Gasteiger partial charge in [-0.15, -0.1) is 0 Å². The lowest BCUT2D eigenvalue weighted by atomic mass is 9.88. The van der Waals surface area contributed by atoms with E-state index in [4.69, 9.17) is 62.6 Å². The fourth-order valence-corrected chi connectivity index (χ4v) is 14.9. The van der Waals surface area contributed by atoms with Crippen LogP contribution >= 0.6 is 31.9 Å². The molecule has 6 fully saturated rings. The Kier molecular flexibility index (Phi) is 29.1. The second kappa shape index (κ2) is 36.0. The summed E-state index contributed by atoms with van der Waals surface area (Å²) >= 11 is 6.75. The quantitative estimate of drug-likeness (QED) is 0.0438. The zero-order chi connectivity index (χ0) is 74.3. The summed E-state index contributed by atoms with van der Waals surface area (Å²) in [7, 11) is 4.03. The van der Waals surface area contributed by atoms with Crippen LogP contribution in [0.1, 0.15) is 83.0 Å². The van der Waals surface area contributed by atoms with Gasteiger partial charge in [0.1, 0.15) is 79.0 Å². The molecule has 30 unspecified atom stereocenters. The average molecular weight is 1570 g/mol. The maximum absolute atomic E-state index is 13.3. The number of aliphatic hydroxyl groups is 10. The molecule has 0 aromatic heterocycles. The Hall–Kier alpha value is -4.83. The maximum Gasteiger partial charge on any atom is 0.262 e. The highest BCUT2D eigenvalue weighted by Gasteiger charge is 2.59. The molecule has 566 valence electrons. The molecule has 37 heteroatoms. The number of ether oxygens (including phenoxy) is 12. The highest BCUT2D eigenvalue weighted by Crippen LogP contribution is 2.41. The molecule has 0 radical (unpaired) electrons.